The summed E-state index contributed by atoms with van der Waals surface area (Å²) in [4.78, 5) is 4.25. The van der Waals surface area contributed by atoms with Crippen LogP contribution in [0.4, 0.5) is 5.82 Å². The van der Waals surface area contributed by atoms with Gasteiger partial charge in [0, 0.05) is 11.8 Å². The van der Waals surface area contributed by atoms with Crippen LogP contribution in [0, 0.1) is 11.8 Å². The number of anilines is 1. The van der Waals surface area contributed by atoms with Crippen LogP contribution in [0.2, 0.25) is 0 Å². The van der Waals surface area contributed by atoms with E-state index in [0.717, 1.165) is 5.82 Å². The van der Waals surface area contributed by atoms with Crippen molar-refractivity contribution in [1.29, 1.82) is 0 Å². The molecular formula is C14H22N2. The number of nitrogen functional groups attached to an aromatic ring is 1. The molecule has 0 amide bonds. The van der Waals surface area contributed by atoms with Crippen LogP contribution in [0.3, 0.4) is 0 Å². The average molecular weight is 218 g/mol. The molecule has 2 unspecified atom stereocenters. The first kappa shape index (κ1) is 11.4. The molecule has 0 saturated heterocycles. The Morgan fingerprint density at radius 2 is 1.81 bits per heavy atom. The summed E-state index contributed by atoms with van der Waals surface area (Å²) >= 11 is 0. The molecule has 0 fully saturated rings. The Morgan fingerprint density at radius 1 is 1.19 bits per heavy atom. The van der Waals surface area contributed by atoms with Gasteiger partial charge in [-0.05, 0) is 41.7 Å². The fraction of sp³-hybridized carbons (Fsp3) is 0.643. The Balaban J connectivity index is 2.49. The molecule has 2 nitrogen and oxygen atoms in total. The summed E-state index contributed by atoms with van der Waals surface area (Å²) in [5.74, 6) is 3.33. The molecular weight excluding hydrogens is 196 g/mol. The molecule has 0 radical (unpaired) electrons. The lowest BCUT2D eigenvalue weighted by atomic mass is 9.87. The quantitative estimate of drug-likeness (QED) is 0.824. The van der Waals surface area contributed by atoms with Gasteiger partial charge in [0.15, 0.2) is 0 Å². The number of rotatable bonds is 2. The first-order chi connectivity index (χ1) is 7.52. The minimum absolute atomic E-state index is 0.594. The maximum atomic E-state index is 6.05. The fourth-order valence-electron chi connectivity index (χ4n) is 2.99. The van der Waals surface area contributed by atoms with E-state index in [1.165, 1.54) is 17.5 Å². The van der Waals surface area contributed by atoms with Gasteiger partial charge in [-0.15, -0.1) is 0 Å². The topological polar surface area (TPSA) is 38.9 Å². The van der Waals surface area contributed by atoms with Gasteiger partial charge in [0.2, 0.25) is 0 Å². The molecule has 1 aromatic rings. The van der Waals surface area contributed by atoms with E-state index in [4.69, 9.17) is 5.73 Å². The van der Waals surface area contributed by atoms with Gasteiger partial charge in [-0.25, -0.2) is 4.98 Å². The molecule has 1 aliphatic rings. The molecule has 0 aromatic carbocycles. The molecule has 88 valence electrons. The van der Waals surface area contributed by atoms with Crippen molar-refractivity contribution >= 4 is 5.82 Å². The van der Waals surface area contributed by atoms with E-state index in [9.17, 15) is 0 Å². The van der Waals surface area contributed by atoms with Gasteiger partial charge in [-0.1, -0.05) is 27.7 Å². The van der Waals surface area contributed by atoms with Crippen molar-refractivity contribution in [1.82, 2.24) is 4.98 Å². The summed E-state index contributed by atoms with van der Waals surface area (Å²) in [5.41, 5.74) is 8.83. The predicted octanol–water partition coefficient (Wildman–Crippen LogP) is 3.55. The zero-order valence-electron chi connectivity index (χ0n) is 10.7. The highest BCUT2D eigenvalue weighted by atomic mass is 14.8. The minimum atomic E-state index is 0.594. The molecule has 1 aliphatic carbocycles. The molecule has 1 aromatic heterocycles. The first-order valence-electron chi connectivity index (χ1n) is 6.26. The zero-order valence-corrected chi connectivity index (χ0v) is 10.7. The molecule has 0 bridgehead atoms. The number of nitrogens with zero attached hydrogens (tertiary/aromatic N) is 1. The standard InChI is InChI=1S/C14H22N2/c1-8(2)11-7-12(9(3)4)13-10(11)5-6-16-14(13)15/h5-6,8-9,11-12H,7H2,1-4H3,(H2,15,16). The van der Waals surface area contributed by atoms with Gasteiger partial charge in [-0.2, -0.15) is 0 Å². The zero-order chi connectivity index (χ0) is 11.9. The first-order valence-corrected chi connectivity index (χ1v) is 6.26. The third-order valence-electron chi connectivity index (χ3n) is 3.94. The summed E-state index contributed by atoms with van der Waals surface area (Å²) in [6.45, 7) is 9.16. The van der Waals surface area contributed by atoms with Gasteiger partial charge in [0.25, 0.3) is 0 Å². The number of nitrogens with two attached hydrogens (primary N) is 1. The van der Waals surface area contributed by atoms with E-state index in [0.29, 0.717) is 23.7 Å². The average Bonchev–Trinajstić information content (AvgIpc) is 2.58. The van der Waals surface area contributed by atoms with E-state index < -0.39 is 0 Å². The molecule has 0 aliphatic heterocycles. The van der Waals surface area contributed by atoms with E-state index in [1.807, 2.05) is 6.20 Å². The van der Waals surface area contributed by atoms with Gasteiger partial charge in [-0.3, -0.25) is 0 Å². The smallest absolute Gasteiger partial charge is 0.127 e. The number of fused-ring (bicyclic) bond motifs is 1. The Labute approximate surface area is 98.3 Å². The third-order valence-corrected chi connectivity index (χ3v) is 3.94. The Hall–Kier alpha value is -1.05. The monoisotopic (exact) mass is 218 g/mol. The fourth-order valence-corrected chi connectivity index (χ4v) is 2.99. The summed E-state index contributed by atoms with van der Waals surface area (Å²) < 4.78 is 0. The van der Waals surface area contributed by atoms with Crippen molar-refractivity contribution in [3.63, 3.8) is 0 Å². The summed E-state index contributed by atoms with van der Waals surface area (Å²) in [7, 11) is 0. The lowest BCUT2D eigenvalue weighted by Crippen LogP contribution is -2.06. The molecule has 2 heteroatoms. The van der Waals surface area contributed by atoms with Crippen LogP contribution in [0.25, 0.3) is 0 Å². The second kappa shape index (κ2) is 4.08. The highest BCUT2D eigenvalue weighted by molar-refractivity contribution is 5.51. The summed E-state index contributed by atoms with van der Waals surface area (Å²) in [6.07, 6.45) is 3.09. The molecule has 1 heterocycles. The normalized spacial score (nSPS) is 24.1. The molecule has 16 heavy (non-hydrogen) atoms. The Kier molecular flexibility index (Phi) is 2.92. The van der Waals surface area contributed by atoms with Gasteiger partial charge in [0.05, 0.1) is 0 Å². The summed E-state index contributed by atoms with van der Waals surface area (Å²) in [5, 5.41) is 0. The van der Waals surface area contributed by atoms with Crippen LogP contribution < -0.4 is 5.73 Å². The van der Waals surface area contributed by atoms with Crippen LogP contribution >= 0.6 is 0 Å². The van der Waals surface area contributed by atoms with Crippen molar-refractivity contribution in [3.05, 3.63) is 23.4 Å². The van der Waals surface area contributed by atoms with Crippen molar-refractivity contribution < 1.29 is 0 Å². The molecule has 0 saturated carbocycles. The predicted molar refractivity (Wildman–Crippen MR) is 68.4 cm³/mol. The number of hydrogen-bond donors (Lipinski definition) is 1. The van der Waals surface area contributed by atoms with Crippen molar-refractivity contribution in [2.75, 3.05) is 5.73 Å². The van der Waals surface area contributed by atoms with Gasteiger partial charge < -0.3 is 5.73 Å². The minimum Gasteiger partial charge on any atom is -0.383 e. The maximum Gasteiger partial charge on any atom is 0.127 e. The van der Waals surface area contributed by atoms with E-state index in [2.05, 4.69) is 38.7 Å². The van der Waals surface area contributed by atoms with Crippen molar-refractivity contribution in [2.24, 2.45) is 11.8 Å². The molecule has 2 rings (SSSR count). The summed E-state index contributed by atoms with van der Waals surface area (Å²) in [6, 6.07) is 2.17. The van der Waals surface area contributed by atoms with Crippen molar-refractivity contribution in [3.8, 4) is 0 Å². The van der Waals surface area contributed by atoms with Crippen LogP contribution in [-0.2, 0) is 0 Å². The Morgan fingerprint density at radius 3 is 2.38 bits per heavy atom. The lowest BCUT2D eigenvalue weighted by Gasteiger charge is -2.18. The van der Waals surface area contributed by atoms with Gasteiger partial charge in [0.1, 0.15) is 5.82 Å². The van der Waals surface area contributed by atoms with Crippen LogP contribution in [-0.4, -0.2) is 4.98 Å². The van der Waals surface area contributed by atoms with E-state index >= 15 is 0 Å². The SMILES string of the molecule is CC(C)C1CC(C(C)C)c2c1ccnc2N. The largest absolute Gasteiger partial charge is 0.383 e. The number of hydrogen-bond acceptors (Lipinski definition) is 2. The molecule has 2 N–H and O–H groups in total. The van der Waals surface area contributed by atoms with Crippen molar-refractivity contribution in [2.45, 2.75) is 46.0 Å². The maximum absolute atomic E-state index is 6.05. The lowest BCUT2D eigenvalue weighted by molar-refractivity contribution is 0.414. The van der Waals surface area contributed by atoms with Crippen LogP contribution in [0.5, 0.6) is 0 Å². The molecule has 2 atom stereocenters. The van der Waals surface area contributed by atoms with Crippen LogP contribution in [0.15, 0.2) is 12.3 Å². The van der Waals surface area contributed by atoms with Gasteiger partial charge >= 0.3 is 0 Å². The highest BCUT2D eigenvalue weighted by Gasteiger charge is 2.35. The number of pyridine rings is 1. The second-order valence-corrected chi connectivity index (χ2v) is 5.64. The molecule has 0 spiro atoms. The van der Waals surface area contributed by atoms with E-state index in [-0.39, 0.29) is 0 Å². The van der Waals surface area contributed by atoms with Crippen LogP contribution in [0.1, 0.15) is 57.1 Å². The second-order valence-electron chi connectivity index (χ2n) is 5.64. The van der Waals surface area contributed by atoms with E-state index in [1.54, 1.807) is 0 Å². The highest BCUT2D eigenvalue weighted by Crippen LogP contribution is 2.49. The third kappa shape index (κ3) is 1.70. The Bertz CT molecular complexity index is 382. The number of aromatic nitrogens is 1.